The van der Waals surface area contributed by atoms with Gasteiger partial charge in [0.05, 0.1) is 0 Å². The first-order valence-corrected chi connectivity index (χ1v) is 5.84. The van der Waals surface area contributed by atoms with Crippen LogP contribution in [0, 0.1) is 0 Å². The van der Waals surface area contributed by atoms with Gasteiger partial charge in [-0.05, 0) is 30.0 Å². The van der Waals surface area contributed by atoms with Crippen LogP contribution in [0.5, 0.6) is 0 Å². The fourth-order valence-electron chi connectivity index (χ4n) is 1.10. The monoisotopic (exact) mass is 257 g/mol. The normalized spacial score (nSPS) is 10.6. The van der Waals surface area contributed by atoms with E-state index in [9.17, 15) is 4.79 Å². The molecule has 0 fully saturated rings. The molecular weight excluding hydrogens is 250 g/mol. The molecule has 0 aliphatic carbocycles. The third kappa shape index (κ3) is 2.68. The molecule has 0 unspecified atom stereocenters. The van der Waals surface area contributed by atoms with Gasteiger partial charge in [0, 0.05) is 11.9 Å². The van der Waals surface area contributed by atoms with Crippen LogP contribution in [0.15, 0.2) is 27.8 Å². The van der Waals surface area contributed by atoms with Crippen LogP contribution in [0.4, 0.5) is 0 Å². The topological polar surface area (TPSA) is 52.3 Å². The van der Waals surface area contributed by atoms with E-state index in [2.05, 4.69) is 4.98 Å². The van der Waals surface area contributed by atoms with E-state index in [0.29, 0.717) is 21.3 Å². The number of ether oxygens (including phenoxy) is 1. The zero-order valence-corrected chi connectivity index (χ0v) is 9.97. The molecule has 1 aromatic heterocycles. The van der Waals surface area contributed by atoms with Crippen molar-refractivity contribution in [2.75, 3.05) is 5.94 Å². The Morgan fingerprint density at radius 1 is 1.62 bits per heavy atom. The average Bonchev–Trinajstić information content (AvgIpc) is 2.58. The predicted octanol–water partition coefficient (Wildman–Crippen LogP) is 3.09. The lowest BCUT2D eigenvalue weighted by molar-refractivity contribution is -0.138. The highest BCUT2D eigenvalue weighted by atomic mass is 35.5. The number of fused-ring (bicyclic) bond motifs is 1. The highest BCUT2D eigenvalue weighted by molar-refractivity contribution is 7.98. The Hall–Kier alpha value is -1.20. The highest BCUT2D eigenvalue weighted by Gasteiger charge is 2.07. The van der Waals surface area contributed by atoms with Crippen LogP contribution in [0.3, 0.4) is 0 Å². The summed E-state index contributed by atoms with van der Waals surface area (Å²) in [5, 5.41) is 1.07. The van der Waals surface area contributed by atoms with E-state index in [0.717, 1.165) is 0 Å². The van der Waals surface area contributed by atoms with Crippen molar-refractivity contribution in [3.8, 4) is 0 Å². The van der Waals surface area contributed by atoms with Crippen molar-refractivity contribution in [3.63, 3.8) is 0 Å². The predicted molar refractivity (Wildman–Crippen MR) is 61.5 cm³/mol. The molecule has 4 nitrogen and oxygen atoms in total. The van der Waals surface area contributed by atoms with E-state index in [-0.39, 0.29) is 11.9 Å². The Bertz CT molecular complexity index is 526. The second kappa shape index (κ2) is 4.76. The smallest absolute Gasteiger partial charge is 0.303 e. The lowest BCUT2D eigenvalue weighted by Gasteiger charge is -1.96. The number of esters is 1. The lowest BCUT2D eigenvalue weighted by Crippen LogP contribution is -1.96. The molecule has 1 aromatic carbocycles. The molecule has 0 saturated carbocycles. The maximum absolute atomic E-state index is 10.5. The zero-order valence-electron chi connectivity index (χ0n) is 8.40. The maximum Gasteiger partial charge on any atom is 0.303 e. The Kier molecular flexibility index (Phi) is 3.36. The zero-order chi connectivity index (χ0) is 11.5. The number of benzene rings is 1. The molecule has 0 radical (unpaired) electrons. The first-order valence-electron chi connectivity index (χ1n) is 4.47. The van der Waals surface area contributed by atoms with Gasteiger partial charge in [0.1, 0.15) is 11.5 Å². The van der Waals surface area contributed by atoms with Crippen LogP contribution < -0.4 is 0 Å². The molecule has 0 spiro atoms. The molecule has 84 valence electrons. The molecule has 2 rings (SSSR count). The summed E-state index contributed by atoms with van der Waals surface area (Å²) in [5.41, 5.74) is 1.35. The number of carbonyl (C=O) groups excluding carboxylic acids is 1. The van der Waals surface area contributed by atoms with Gasteiger partial charge in [-0.2, -0.15) is 0 Å². The molecule has 0 aliphatic rings. The van der Waals surface area contributed by atoms with E-state index in [1.165, 1.54) is 18.7 Å². The minimum Gasteiger partial charge on any atom is -0.454 e. The molecular formula is C10H8ClNO3S. The summed E-state index contributed by atoms with van der Waals surface area (Å²) in [5.74, 6) is -0.137. The summed E-state index contributed by atoms with van der Waals surface area (Å²) < 4.78 is 10.2. The number of hydrogen-bond donors (Lipinski definition) is 0. The largest absolute Gasteiger partial charge is 0.454 e. The van der Waals surface area contributed by atoms with Gasteiger partial charge in [0.2, 0.25) is 0 Å². The van der Waals surface area contributed by atoms with Gasteiger partial charge in [-0.15, -0.1) is 0 Å². The molecule has 0 N–H and O–H groups in total. The first-order chi connectivity index (χ1) is 7.65. The Balaban J connectivity index is 2.10. The quantitative estimate of drug-likeness (QED) is 0.480. The van der Waals surface area contributed by atoms with Crippen LogP contribution in [0.25, 0.3) is 11.1 Å². The van der Waals surface area contributed by atoms with E-state index in [1.54, 1.807) is 18.2 Å². The van der Waals surface area contributed by atoms with E-state index < -0.39 is 0 Å². The van der Waals surface area contributed by atoms with E-state index >= 15 is 0 Å². The van der Waals surface area contributed by atoms with Crippen LogP contribution in [-0.4, -0.2) is 16.9 Å². The average molecular weight is 258 g/mol. The third-order valence-electron chi connectivity index (χ3n) is 1.77. The Labute approximate surface area is 101 Å². The number of rotatable bonds is 3. The van der Waals surface area contributed by atoms with Gasteiger partial charge in [-0.3, -0.25) is 4.79 Å². The summed E-state index contributed by atoms with van der Waals surface area (Å²) in [7, 11) is 0. The SMILES string of the molecule is CC(=O)OCSc1nc2cc(Cl)ccc2o1. The minimum absolute atomic E-state index is 0.190. The molecule has 16 heavy (non-hydrogen) atoms. The number of halogens is 1. The number of carbonyl (C=O) groups is 1. The lowest BCUT2D eigenvalue weighted by atomic mass is 10.3. The minimum atomic E-state index is -0.327. The van der Waals surface area contributed by atoms with Crippen LogP contribution in [0.1, 0.15) is 6.92 Å². The van der Waals surface area contributed by atoms with E-state index in [1.807, 2.05) is 0 Å². The molecule has 1 heterocycles. The highest BCUT2D eigenvalue weighted by Crippen LogP contribution is 2.25. The summed E-state index contributed by atoms with van der Waals surface area (Å²) in [6.45, 7) is 1.35. The van der Waals surface area contributed by atoms with Crippen molar-refractivity contribution in [2.24, 2.45) is 0 Å². The Morgan fingerprint density at radius 3 is 3.19 bits per heavy atom. The summed E-state index contributed by atoms with van der Waals surface area (Å²) in [6.07, 6.45) is 0. The molecule has 0 bridgehead atoms. The second-order valence-corrected chi connectivity index (χ2v) is 4.30. The van der Waals surface area contributed by atoms with Gasteiger partial charge >= 0.3 is 5.97 Å². The van der Waals surface area contributed by atoms with Crippen LogP contribution in [0.2, 0.25) is 5.02 Å². The molecule has 0 atom stereocenters. The number of hydrogen-bond acceptors (Lipinski definition) is 5. The summed E-state index contributed by atoms with van der Waals surface area (Å²) in [4.78, 5) is 14.7. The van der Waals surface area contributed by atoms with Gasteiger partial charge in [-0.1, -0.05) is 11.6 Å². The number of aromatic nitrogens is 1. The van der Waals surface area contributed by atoms with Crippen molar-refractivity contribution in [3.05, 3.63) is 23.2 Å². The molecule has 6 heteroatoms. The van der Waals surface area contributed by atoms with Crippen molar-refractivity contribution in [1.82, 2.24) is 4.98 Å². The van der Waals surface area contributed by atoms with Crippen LogP contribution in [-0.2, 0) is 9.53 Å². The van der Waals surface area contributed by atoms with Crippen molar-refractivity contribution in [1.29, 1.82) is 0 Å². The standard InChI is InChI=1S/C10H8ClNO3S/c1-6(13)14-5-16-10-12-8-4-7(11)2-3-9(8)15-10/h2-4H,5H2,1H3. The number of thioether (sulfide) groups is 1. The van der Waals surface area contributed by atoms with Gasteiger partial charge in [-0.25, -0.2) is 4.98 Å². The molecule has 2 aromatic rings. The van der Waals surface area contributed by atoms with Crippen LogP contribution >= 0.6 is 23.4 Å². The molecule has 0 amide bonds. The maximum atomic E-state index is 10.5. The first kappa shape index (κ1) is 11.3. The number of nitrogens with zero attached hydrogens (tertiary/aromatic N) is 1. The Morgan fingerprint density at radius 2 is 2.44 bits per heavy atom. The fraction of sp³-hybridized carbons (Fsp3) is 0.200. The van der Waals surface area contributed by atoms with Gasteiger partial charge in [0.15, 0.2) is 5.58 Å². The van der Waals surface area contributed by atoms with Crippen molar-refractivity contribution in [2.45, 2.75) is 12.1 Å². The van der Waals surface area contributed by atoms with Crippen molar-refractivity contribution < 1.29 is 13.9 Å². The van der Waals surface area contributed by atoms with Gasteiger partial charge < -0.3 is 9.15 Å². The summed E-state index contributed by atoms with van der Waals surface area (Å²) in [6, 6.07) is 5.20. The van der Waals surface area contributed by atoms with Crippen molar-refractivity contribution >= 4 is 40.4 Å². The molecule has 0 aliphatic heterocycles. The van der Waals surface area contributed by atoms with E-state index in [4.69, 9.17) is 20.8 Å². The number of oxazole rings is 1. The molecule has 0 saturated heterocycles. The fourth-order valence-corrected chi connectivity index (χ4v) is 1.91. The third-order valence-corrected chi connectivity index (χ3v) is 2.67. The summed E-state index contributed by atoms with van der Waals surface area (Å²) >= 11 is 7.03. The second-order valence-electron chi connectivity index (χ2n) is 2.99. The van der Waals surface area contributed by atoms with Gasteiger partial charge in [0.25, 0.3) is 5.22 Å².